The molecule has 5 heteroatoms. The van der Waals surface area contributed by atoms with E-state index in [0.717, 1.165) is 42.2 Å². The number of hydrogen-bond acceptors (Lipinski definition) is 2. The second-order valence-corrected chi connectivity index (χ2v) is 7.05. The summed E-state index contributed by atoms with van der Waals surface area (Å²) in [6.45, 7) is 7.01. The van der Waals surface area contributed by atoms with E-state index in [1.165, 1.54) is 18.5 Å². The summed E-state index contributed by atoms with van der Waals surface area (Å²) < 4.78 is 4.50. The lowest BCUT2D eigenvalue weighted by atomic mass is 10.1. The lowest BCUT2D eigenvalue weighted by Crippen LogP contribution is -2.41. The van der Waals surface area contributed by atoms with Gasteiger partial charge in [-0.25, -0.2) is 4.98 Å². The van der Waals surface area contributed by atoms with E-state index >= 15 is 0 Å². The van der Waals surface area contributed by atoms with Gasteiger partial charge in [-0.1, -0.05) is 0 Å². The summed E-state index contributed by atoms with van der Waals surface area (Å²) in [7, 11) is 0. The molecule has 1 amide bonds. The fourth-order valence-corrected chi connectivity index (χ4v) is 3.87. The van der Waals surface area contributed by atoms with Crippen LogP contribution in [-0.2, 0) is 13.0 Å². The van der Waals surface area contributed by atoms with Gasteiger partial charge >= 0.3 is 0 Å². The second-order valence-electron chi connectivity index (χ2n) is 7.05. The largest absolute Gasteiger partial charge is 0.347 e. The van der Waals surface area contributed by atoms with Crippen molar-refractivity contribution in [2.75, 3.05) is 0 Å². The standard InChI is InChI=1S/C18H24N4O/c1-11-9-21-10-14(4-7-17(21)19-11)20-18(23)16-8-12(2)22(13(16)3)15-5-6-15/h8-9,14-15H,4-7,10H2,1-3H3,(H,20,23)/t14-/m0/s1. The molecule has 122 valence electrons. The van der Waals surface area contributed by atoms with Gasteiger partial charge in [0.05, 0.1) is 11.3 Å². The summed E-state index contributed by atoms with van der Waals surface area (Å²) in [6, 6.07) is 2.84. The van der Waals surface area contributed by atoms with Crippen LogP contribution in [0.3, 0.4) is 0 Å². The molecule has 4 rings (SSSR count). The molecule has 2 aromatic rings. The highest BCUT2D eigenvalue weighted by Crippen LogP contribution is 2.38. The van der Waals surface area contributed by atoms with Crippen LogP contribution in [0.25, 0.3) is 0 Å². The van der Waals surface area contributed by atoms with Gasteiger partial charge in [-0.05, 0) is 46.1 Å². The van der Waals surface area contributed by atoms with Crippen LogP contribution in [0.5, 0.6) is 0 Å². The molecule has 0 unspecified atom stereocenters. The molecule has 5 nitrogen and oxygen atoms in total. The Morgan fingerprint density at radius 1 is 1.26 bits per heavy atom. The highest BCUT2D eigenvalue weighted by molar-refractivity contribution is 5.96. The molecule has 2 aromatic heterocycles. The van der Waals surface area contributed by atoms with Crippen molar-refractivity contribution < 1.29 is 4.79 Å². The minimum atomic E-state index is 0.0651. The summed E-state index contributed by atoms with van der Waals surface area (Å²) in [5.41, 5.74) is 4.20. The summed E-state index contributed by atoms with van der Waals surface area (Å²) in [5, 5.41) is 3.23. The monoisotopic (exact) mass is 312 g/mol. The first-order valence-corrected chi connectivity index (χ1v) is 8.55. The maximum Gasteiger partial charge on any atom is 0.253 e. The minimum Gasteiger partial charge on any atom is -0.347 e. The Morgan fingerprint density at radius 3 is 2.78 bits per heavy atom. The third kappa shape index (κ3) is 2.58. The van der Waals surface area contributed by atoms with Crippen molar-refractivity contribution in [3.05, 3.63) is 40.7 Å². The van der Waals surface area contributed by atoms with Crippen molar-refractivity contribution in [2.45, 2.75) is 65.1 Å². The van der Waals surface area contributed by atoms with Crippen LogP contribution in [0, 0.1) is 20.8 Å². The molecule has 1 N–H and O–H groups in total. The number of aryl methyl sites for hydroxylation is 3. The Hall–Kier alpha value is -2.04. The van der Waals surface area contributed by atoms with E-state index in [4.69, 9.17) is 0 Å². The first-order valence-electron chi connectivity index (χ1n) is 8.55. The van der Waals surface area contributed by atoms with E-state index in [-0.39, 0.29) is 11.9 Å². The summed E-state index contributed by atoms with van der Waals surface area (Å²) in [5.74, 6) is 1.20. The van der Waals surface area contributed by atoms with Gasteiger partial charge < -0.3 is 14.5 Å². The van der Waals surface area contributed by atoms with Gasteiger partial charge in [0.15, 0.2) is 0 Å². The zero-order valence-electron chi connectivity index (χ0n) is 14.1. The van der Waals surface area contributed by atoms with Crippen molar-refractivity contribution in [1.29, 1.82) is 0 Å². The molecule has 23 heavy (non-hydrogen) atoms. The highest BCUT2D eigenvalue weighted by Gasteiger charge is 2.29. The highest BCUT2D eigenvalue weighted by atomic mass is 16.1. The first kappa shape index (κ1) is 14.5. The average Bonchev–Trinajstić information content (AvgIpc) is 3.18. The molecular weight excluding hydrogens is 288 g/mol. The Bertz CT molecular complexity index is 766. The molecule has 1 aliphatic heterocycles. The topological polar surface area (TPSA) is 51.9 Å². The smallest absolute Gasteiger partial charge is 0.253 e. The second kappa shape index (κ2) is 5.25. The van der Waals surface area contributed by atoms with Crippen molar-refractivity contribution in [3.63, 3.8) is 0 Å². The molecule has 0 radical (unpaired) electrons. The van der Waals surface area contributed by atoms with Crippen LogP contribution in [0.1, 0.15) is 58.6 Å². The number of fused-ring (bicyclic) bond motifs is 1. The van der Waals surface area contributed by atoms with E-state index in [1.807, 2.05) is 13.0 Å². The molecule has 3 heterocycles. The molecule has 0 spiro atoms. The number of carbonyl (C=O) groups excluding carboxylic acids is 1. The van der Waals surface area contributed by atoms with Crippen LogP contribution in [0.4, 0.5) is 0 Å². The van der Waals surface area contributed by atoms with E-state index in [9.17, 15) is 4.79 Å². The molecule has 1 saturated carbocycles. The van der Waals surface area contributed by atoms with Gasteiger partial charge in [0.2, 0.25) is 0 Å². The SMILES string of the molecule is Cc1cn2c(n1)CC[C@H](NC(=O)c1cc(C)n(C3CC3)c1C)C2. The zero-order valence-corrected chi connectivity index (χ0v) is 14.1. The van der Waals surface area contributed by atoms with Crippen LogP contribution in [0.2, 0.25) is 0 Å². The maximum atomic E-state index is 12.7. The third-order valence-electron chi connectivity index (χ3n) is 5.09. The number of carbonyl (C=O) groups is 1. The average molecular weight is 312 g/mol. The van der Waals surface area contributed by atoms with Gasteiger partial charge in [0.1, 0.15) is 5.82 Å². The predicted molar refractivity (Wildman–Crippen MR) is 88.7 cm³/mol. The fraction of sp³-hybridized carbons (Fsp3) is 0.556. The van der Waals surface area contributed by atoms with Crippen molar-refractivity contribution in [3.8, 4) is 0 Å². The van der Waals surface area contributed by atoms with Crippen LogP contribution in [-0.4, -0.2) is 26.1 Å². The molecule has 1 fully saturated rings. The van der Waals surface area contributed by atoms with Crippen LogP contribution in [0.15, 0.2) is 12.3 Å². The molecule has 1 aliphatic carbocycles. The number of nitrogens with zero attached hydrogens (tertiary/aromatic N) is 3. The lowest BCUT2D eigenvalue weighted by molar-refractivity contribution is 0.0927. The van der Waals surface area contributed by atoms with Crippen LogP contribution < -0.4 is 5.32 Å². The Kier molecular flexibility index (Phi) is 3.32. The van der Waals surface area contributed by atoms with Gasteiger partial charge in [-0.15, -0.1) is 0 Å². The van der Waals surface area contributed by atoms with E-state index in [1.54, 1.807) is 0 Å². The number of aromatic nitrogens is 3. The van der Waals surface area contributed by atoms with E-state index < -0.39 is 0 Å². The third-order valence-corrected chi connectivity index (χ3v) is 5.09. The van der Waals surface area contributed by atoms with Gasteiger partial charge in [0, 0.05) is 42.6 Å². The maximum absolute atomic E-state index is 12.7. The normalized spacial score (nSPS) is 20.4. The molecular formula is C18H24N4O. The molecule has 0 aromatic carbocycles. The zero-order chi connectivity index (χ0) is 16.1. The summed E-state index contributed by atoms with van der Waals surface area (Å²) >= 11 is 0. The number of hydrogen-bond donors (Lipinski definition) is 1. The number of nitrogens with one attached hydrogen (secondary N) is 1. The van der Waals surface area contributed by atoms with Crippen molar-refractivity contribution >= 4 is 5.91 Å². The fourth-order valence-electron chi connectivity index (χ4n) is 3.87. The molecule has 0 saturated heterocycles. The van der Waals surface area contributed by atoms with Gasteiger partial charge in [-0.3, -0.25) is 4.79 Å². The Morgan fingerprint density at radius 2 is 2.04 bits per heavy atom. The minimum absolute atomic E-state index is 0.0651. The molecule has 1 atom stereocenters. The number of imidazole rings is 1. The Labute approximate surface area is 136 Å². The van der Waals surface area contributed by atoms with E-state index in [0.29, 0.717) is 6.04 Å². The predicted octanol–water partition coefficient (Wildman–Crippen LogP) is 2.69. The van der Waals surface area contributed by atoms with Crippen LogP contribution >= 0.6 is 0 Å². The Balaban J connectivity index is 1.49. The van der Waals surface area contributed by atoms with E-state index in [2.05, 4.69) is 39.5 Å². The molecule has 0 bridgehead atoms. The number of amides is 1. The summed E-state index contributed by atoms with van der Waals surface area (Å²) in [4.78, 5) is 17.2. The quantitative estimate of drug-likeness (QED) is 0.947. The lowest BCUT2D eigenvalue weighted by Gasteiger charge is -2.24. The van der Waals surface area contributed by atoms with Gasteiger partial charge in [-0.2, -0.15) is 0 Å². The summed E-state index contributed by atoms with van der Waals surface area (Å²) in [6.07, 6.45) is 6.45. The van der Waals surface area contributed by atoms with Gasteiger partial charge in [0.25, 0.3) is 5.91 Å². The number of rotatable bonds is 3. The van der Waals surface area contributed by atoms with Crippen molar-refractivity contribution in [1.82, 2.24) is 19.4 Å². The first-order chi connectivity index (χ1) is 11.0. The van der Waals surface area contributed by atoms with Crippen molar-refractivity contribution in [2.24, 2.45) is 0 Å². The molecule has 2 aliphatic rings.